The largest absolute Gasteiger partial charge is 0.494 e. The second-order valence-electron chi connectivity index (χ2n) is 4.41. The Morgan fingerprint density at radius 1 is 1.11 bits per heavy atom. The van der Waals surface area contributed by atoms with Crippen molar-refractivity contribution in [1.29, 1.82) is 0 Å². The molecular formula is C15H14N2O2. The van der Waals surface area contributed by atoms with Crippen LogP contribution in [-0.4, -0.2) is 16.7 Å². The predicted molar refractivity (Wildman–Crippen MR) is 75.2 cm³/mol. The van der Waals surface area contributed by atoms with Crippen LogP contribution in [0.5, 0.6) is 5.75 Å². The van der Waals surface area contributed by atoms with E-state index < -0.39 is 0 Å². The molecule has 2 aromatic carbocycles. The number of nitrogens with zero attached hydrogens (tertiary/aromatic N) is 1. The van der Waals surface area contributed by atoms with Gasteiger partial charge in [0.1, 0.15) is 11.3 Å². The Hall–Kier alpha value is -2.49. The van der Waals surface area contributed by atoms with Crippen LogP contribution >= 0.6 is 0 Å². The van der Waals surface area contributed by atoms with Gasteiger partial charge in [0.25, 0.3) is 0 Å². The minimum Gasteiger partial charge on any atom is -0.494 e. The molecule has 0 saturated heterocycles. The van der Waals surface area contributed by atoms with E-state index in [9.17, 15) is 4.79 Å². The van der Waals surface area contributed by atoms with Gasteiger partial charge in [-0.1, -0.05) is 24.3 Å². The molecule has 4 nitrogen and oxygen atoms in total. The van der Waals surface area contributed by atoms with E-state index in [-0.39, 0.29) is 5.69 Å². The van der Waals surface area contributed by atoms with Crippen molar-refractivity contribution in [2.75, 3.05) is 7.11 Å². The first-order valence-corrected chi connectivity index (χ1v) is 6.06. The first-order chi connectivity index (χ1) is 9.22. The molecular weight excluding hydrogens is 240 g/mol. The minimum absolute atomic E-state index is 0.159. The van der Waals surface area contributed by atoms with Crippen LogP contribution in [0.1, 0.15) is 5.56 Å². The van der Waals surface area contributed by atoms with Gasteiger partial charge >= 0.3 is 5.69 Å². The van der Waals surface area contributed by atoms with E-state index in [1.807, 2.05) is 49.4 Å². The average Bonchev–Trinajstić information content (AvgIpc) is 2.75. The van der Waals surface area contributed by atoms with Crippen molar-refractivity contribution in [3.63, 3.8) is 0 Å². The van der Waals surface area contributed by atoms with Crippen molar-refractivity contribution in [2.45, 2.75) is 6.92 Å². The molecule has 0 atom stereocenters. The van der Waals surface area contributed by atoms with Gasteiger partial charge in [0, 0.05) is 0 Å². The number of ether oxygens (including phenoxy) is 1. The number of methoxy groups -OCH3 is 1. The van der Waals surface area contributed by atoms with E-state index in [1.54, 1.807) is 11.7 Å². The summed E-state index contributed by atoms with van der Waals surface area (Å²) < 4.78 is 6.95. The van der Waals surface area contributed by atoms with Crippen LogP contribution in [0, 0.1) is 6.92 Å². The van der Waals surface area contributed by atoms with Gasteiger partial charge in [0.05, 0.1) is 18.3 Å². The maximum Gasteiger partial charge on any atom is 0.331 e. The van der Waals surface area contributed by atoms with Gasteiger partial charge in [-0.3, -0.25) is 4.57 Å². The number of aromatic amines is 1. The van der Waals surface area contributed by atoms with Crippen LogP contribution in [0.15, 0.2) is 47.3 Å². The summed E-state index contributed by atoms with van der Waals surface area (Å²) in [7, 11) is 1.60. The molecule has 0 saturated carbocycles. The third kappa shape index (κ3) is 1.73. The fourth-order valence-electron chi connectivity index (χ4n) is 2.33. The van der Waals surface area contributed by atoms with E-state index in [2.05, 4.69) is 4.98 Å². The van der Waals surface area contributed by atoms with E-state index in [4.69, 9.17) is 4.74 Å². The average molecular weight is 254 g/mol. The number of para-hydroxylation sites is 2. The standard InChI is InChI=1S/C15H14N2O2/c1-10-6-3-4-7-11(10)17-12-8-5-9-13(19-2)14(12)16-15(17)18/h3-9H,1-2H3,(H,16,18). The normalized spacial score (nSPS) is 10.8. The lowest BCUT2D eigenvalue weighted by atomic mass is 10.2. The number of nitrogens with one attached hydrogen (secondary N) is 1. The molecule has 0 aliphatic heterocycles. The Morgan fingerprint density at radius 3 is 2.63 bits per heavy atom. The fraction of sp³-hybridized carbons (Fsp3) is 0.133. The zero-order chi connectivity index (χ0) is 13.4. The number of hydrogen-bond acceptors (Lipinski definition) is 2. The molecule has 0 spiro atoms. The summed E-state index contributed by atoms with van der Waals surface area (Å²) in [5.41, 5.74) is 3.31. The first-order valence-electron chi connectivity index (χ1n) is 6.06. The van der Waals surface area contributed by atoms with E-state index in [0.29, 0.717) is 5.75 Å². The Labute approximate surface area is 110 Å². The fourth-order valence-corrected chi connectivity index (χ4v) is 2.33. The molecule has 0 amide bonds. The van der Waals surface area contributed by atoms with Gasteiger partial charge in [0.2, 0.25) is 0 Å². The number of H-pyrrole nitrogens is 1. The molecule has 3 rings (SSSR count). The Morgan fingerprint density at radius 2 is 1.89 bits per heavy atom. The van der Waals surface area contributed by atoms with Crippen LogP contribution < -0.4 is 10.4 Å². The number of aryl methyl sites for hydroxylation is 1. The van der Waals surface area contributed by atoms with Gasteiger partial charge in [-0.2, -0.15) is 0 Å². The molecule has 4 heteroatoms. The molecule has 0 aliphatic carbocycles. The highest BCUT2D eigenvalue weighted by Gasteiger charge is 2.12. The molecule has 0 aliphatic rings. The molecule has 1 N–H and O–H groups in total. The number of aromatic nitrogens is 2. The number of rotatable bonds is 2. The van der Waals surface area contributed by atoms with Crippen molar-refractivity contribution < 1.29 is 4.74 Å². The van der Waals surface area contributed by atoms with Crippen LogP contribution in [0.25, 0.3) is 16.7 Å². The Bertz CT molecular complexity index is 799. The lowest BCUT2D eigenvalue weighted by Crippen LogP contribution is -2.15. The molecule has 0 radical (unpaired) electrons. The molecule has 1 heterocycles. The SMILES string of the molecule is COc1cccc2c1[nH]c(=O)n2-c1ccccc1C. The summed E-state index contributed by atoms with van der Waals surface area (Å²) in [6.45, 7) is 1.99. The Kier molecular flexibility index (Phi) is 2.63. The highest BCUT2D eigenvalue weighted by atomic mass is 16.5. The Balaban J connectivity index is 2.40. The van der Waals surface area contributed by atoms with Crippen molar-refractivity contribution in [1.82, 2.24) is 9.55 Å². The highest BCUT2D eigenvalue weighted by Crippen LogP contribution is 2.25. The maximum atomic E-state index is 12.2. The van der Waals surface area contributed by atoms with Crippen molar-refractivity contribution in [3.8, 4) is 11.4 Å². The maximum absolute atomic E-state index is 12.2. The first kappa shape index (κ1) is 11.6. The second kappa shape index (κ2) is 4.31. The van der Waals surface area contributed by atoms with Gasteiger partial charge in [-0.05, 0) is 30.7 Å². The summed E-state index contributed by atoms with van der Waals surface area (Å²) in [6, 6.07) is 13.4. The quantitative estimate of drug-likeness (QED) is 0.764. The second-order valence-corrected chi connectivity index (χ2v) is 4.41. The minimum atomic E-state index is -0.159. The number of fused-ring (bicyclic) bond motifs is 1. The van der Waals surface area contributed by atoms with Gasteiger partial charge < -0.3 is 9.72 Å². The van der Waals surface area contributed by atoms with Crippen LogP contribution in [0.4, 0.5) is 0 Å². The van der Waals surface area contributed by atoms with E-state index in [0.717, 1.165) is 22.3 Å². The molecule has 3 aromatic rings. The van der Waals surface area contributed by atoms with Crippen LogP contribution in [0.3, 0.4) is 0 Å². The van der Waals surface area contributed by atoms with Crippen LogP contribution in [-0.2, 0) is 0 Å². The molecule has 1 aromatic heterocycles. The van der Waals surface area contributed by atoms with Gasteiger partial charge in [0.15, 0.2) is 0 Å². The topological polar surface area (TPSA) is 47.0 Å². The van der Waals surface area contributed by atoms with Crippen molar-refractivity contribution in [3.05, 3.63) is 58.5 Å². The predicted octanol–water partition coefficient (Wildman–Crippen LogP) is 2.64. The van der Waals surface area contributed by atoms with Crippen molar-refractivity contribution in [2.24, 2.45) is 0 Å². The van der Waals surface area contributed by atoms with Crippen molar-refractivity contribution >= 4 is 11.0 Å². The molecule has 0 bridgehead atoms. The smallest absolute Gasteiger partial charge is 0.331 e. The zero-order valence-corrected chi connectivity index (χ0v) is 10.8. The number of benzene rings is 2. The number of imidazole rings is 1. The third-order valence-electron chi connectivity index (χ3n) is 3.26. The monoisotopic (exact) mass is 254 g/mol. The summed E-state index contributed by atoms with van der Waals surface area (Å²) in [5, 5.41) is 0. The van der Waals surface area contributed by atoms with Crippen LogP contribution in [0.2, 0.25) is 0 Å². The van der Waals surface area contributed by atoms with E-state index >= 15 is 0 Å². The lowest BCUT2D eigenvalue weighted by Gasteiger charge is -2.07. The lowest BCUT2D eigenvalue weighted by molar-refractivity contribution is 0.419. The molecule has 19 heavy (non-hydrogen) atoms. The summed E-state index contributed by atoms with van der Waals surface area (Å²) in [6.07, 6.45) is 0. The zero-order valence-electron chi connectivity index (χ0n) is 10.8. The molecule has 96 valence electrons. The molecule has 0 unspecified atom stereocenters. The highest BCUT2D eigenvalue weighted by molar-refractivity contribution is 5.83. The third-order valence-corrected chi connectivity index (χ3v) is 3.26. The number of hydrogen-bond donors (Lipinski definition) is 1. The van der Waals surface area contributed by atoms with Gasteiger partial charge in [-0.25, -0.2) is 4.79 Å². The van der Waals surface area contributed by atoms with Gasteiger partial charge in [-0.15, -0.1) is 0 Å². The summed E-state index contributed by atoms with van der Waals surface area (Å²) in [5.74, 6) is 0.668. The molecule has 0 fully saturated rings. The van der Waals surface area contributed by atoms with E-state index in [1.165, 1.54) is 0 Å². The summed E-state index contributed by atoms with van der Waals surface area (Å²) in [4.78, 5) is 15.1. The summed E-state index contributed by atoms with van der Waals surface area (Å²) >= 11 is 0.